The first-order valence-corrected chi connectivity index (χ1v) is 6.34. The highest BCUT2D eigenvalue weighted by Crippen LogP contribution is 2.31. The maximum Gasteiger partial charge on any atom is 0.140 e. The quantitative estimate of drug-likeness (QED) is 0.816. The largest absolute Gasteiger partial charge is 0.394 e. The summed E-state index contributed by atoms with van der Waals surface area (Å²) in [5.74, 6) is 1.70. The lowest BCUT2D eigenvalue weighted by molar-refractivity contribution is 0.103. The number of hydrogen-bond acceptors (Lipinski definition) is 4. The average Bonchev–Trinajstić information content (AvgIpc) is 2.75. The minimum absolute atomic E-state index is 0.113. The van der Waals surface area contributed by atoms with Crippen LogP contribution in [0.2, 0.25) is 0 Å². The fourth-order valence-corrected chi connectivity index (χ4v) is 2.45. The van der Waals surface area contributed by atoms with Crippen LogP contribution in [0.25, 0.3) is 0 Å². The summed E-state index contributed by atoms with van der Waals surface area (Å²) in [5, 5.41) is 17.1. The maximum absolute atomic E-state index is 9.62. The van der Waals surface area contributed by atoms with Crippen molar-refractivity contribution in [1.29, 1.82) is 0 Å². The lowest BCUT2D eigenvalue weighted by Gasteiger charge is -2.38. The van der Waals surface area contributed by atoms with Gasteiger partial charge in [0.2, 0.25) is 0 Å². The summed E-state index contributed by atoms with van der Waals surface area (Å²) in [4.78, 5) is 4.19. The van der Waals surface area contributed by atoms with E-state index in [0.717, 1.165) is 24.6 Å². The number of aliphatic hydroxyl groups excluding tert-OH is 1. The molecule has 0 atom stereocenters. The van der Waals surface area contributed by atoms with Crippen LogP contribution in [0, 0.1) is 5.92 Å². The van der Waals surface area contributed by atoms with Crippen LogP contribution < -0.4 is 5.32 Å². The number of aryl methyl sites for hydroxylation is 1. The van der Waals surface area contributed by atoms with Crippen molar-refractivity contribution in [3.05, 3.63) is 12.2 Å². The minimum Gasteiger partial charge on any atom is -0.394 e. The second kappa shape index (κ2) is 5.14. The van der Waals surface area contributed by atoms with Crippen LogP contribution in [0.15, 0.2) is 6.33 Å². The van der Waals surface area contributed by atoms with Crippen molar-refractivity contribution in [1.82, 2.24) is 20.1 Å². The van der Waals surface area contributed by atoms with E-state index in [-0.39, 0.29) is 12.1 Å². The molecule has 0 saturated heterocycles. The lowest BCUT2D eigenvalue weighted by atomic mass is 9.77. The Morgan fingerprint density at radius 2 is 2.24 bits per heavy atom. The highest BCUT2D eigenvalue weighted by molar-refractivity contribution is 4.94. The van der Waals surface area contributed by atoms with Crippen LogP contribution in [-0.2, 0) is 13.6 Å². The first-order chi connectivity index (χ1) is 8.15. The zero-order valence-corrected chi connectivity index (χ0v) is 10.7. The van der Waals surface area contributed by atoms with Gasteiger partial charge in [0.25, 0.3) is 0 Å². The van der Waals surface area contributed by atoms with Crippen LogP contribution >= 0.6 is 0 Å². The Bertz CT molecular complexity index is 355. The van der Waals surface area contributed by atoms with Crippen molar-refractivity contribution >= 4 is 0 Å². The zero-order valence-electron chi connectivity index (χ0n) is 10.7. The highest BCUT2D eigenvalue weighted by Gasteiger charge is 2.33. The summed E-state index contributed by atoms with van der Waals surface area (Å²) in [5.41, 5.74) is -0.113. The van der Waals surface area contributed by atoms with E-state index in [4.69, 9.17) is 0 Å². The average molecular weight is 238 g/mol. The Hall–Kier alpha value is -0.940. The molecule has 1 saturated carbocycles. The smallest absolute Gasteiger partial charge is 0.140 e. The molecule has 5 nitrogen and oxygen atoms in total. The lowest BCUT2D eigenvalue weighted by Crippen LogP contribution is -2.50. The van der Waals surface area contributed by atoms with Crippen molar-refractivity contribution in [2.24, 2.45) is 13.0 Å². The fraction of sp³-hybridized carbons (Fsp3) is 0.833. The molecule has 1 aromatic rings. The molecule has 0 radical (unpaired) electrons. The molecule has 1 fully saturated rings. The molecule has 1 aliphatic carbocycles. The molecular formula is C12H22N4O. The SMILES string of the molecule is CC1CCC(CO)(NCc2ncnn2C)CC1. The van der Waals surface area contributed by atoms with E-state index in [1.165, 1.54) is 12.8 Å². The van der Waals surface area contributed by atoms with E-state index in [2.05, 4.69) is 22.3 Å². The molecule has 1 aromatic heterocycles. The summed E-state index contributed by atoms with van der Waals surface area (Å²) in [6.45, 7) is 3.16. The van der Waals surface area contributed by atoms with Crippen molar-refractivity contribution in [3.63, 3.8) is 0 Å². The van der Waals surface area contributed by atoms with Crippen LogP contribution in [0.4, 0.5) is 0 Å². The third-order valence-corrected chi connectivity index (χ3v) is 3.96. The first kappa shape index (κ1) is 12.5. The topological polar surface area (TPSA) is 63.0 Å². The predicted molar refractivity (Wildman–Crippen MR) is 65.3 cm³/mol. The number of aliphatic hydroxyl groups is 1. The minimum atomic E-state index is -0.113. The van der Waals surface area contributed by atoms with Gasteiger partial charge >= 0.3 is 0 Å². The van der Waals surface area contributed by atoms with Gasteiger partial charge in [-0.15, -0.1) is 0 Å². The summed E-state index contributed by atoms with van der Waals surface area (Å²) in [6, 6.07) is 0. The van der Waals surface area contributed by atoms with Gasteiger partial charge in [-0.25, -0.2) is 4.98 Å². The number of rotatable bonds is 4. The number of aromatic nitrogens is 3. The van der Waals surface area contributed by atoms with Gasteiger partial charge in [0, 0.05) is 12.6 Å². The van der Waals surface area contributed by atoms with E-state index in [0.29, 0.717) is 6.54 Å². The maximum atomic E-state index is 9.62. The van der Waals surface area contributed by atoms with Crippen molar-refractivity contribution in [2.45, 2.75) is 44.7 Å². The van der Waals surface area contributed by atoms with Gasteiger partial charge in [0.15, 0.2) is 0 Å². The van der Waals surface area contributed by atoms with E-state index >= 15 is 0 Å². The summed E-state index contributed by atoms with van der Waals surface area (Å²) < 4.78 is 1.77. The Kier molecular flexibility index (Phi) is 3.79. The Morgan fingerprint density at radius 1 is 1.53 bits per heavy atom. The molecule has 5 heteroatoms. The molecule has 0 amide bonds. The molecule has 0 bridgehead atoms. The van der Waals surface area contributed by atoms with Gasteiger partial charge in [-0.2, -0.15) is 5.10 Å². The Morgan fingerprint density at radius 3 is 2.76 bits per heavy atom. The fourth-order valence-electron chi connectivity index (χ4n) is 2.45. The third kappa shape index (κ3) is 2.84. The van der Waals surface area contributed by atoms with Gasteiger partial charge in [-0.05, 0) is 31.6 Å². The molecule has 17 heavy (non-hydrogen) atoms. The molecule has 2 N–H and O–H groups in total. The van der Waals surface area contributed by atoms with Gasteiger partial charge in [-0.3, -0.25) is 4.68 Å². The number of nitrogens with zero attached hydrogens (tertiary/aromatic N) is 3. The summed E-state index contributed by atoms with van der Waals surface area (Å²) >= 11 is 0. The molecule has 96 valence electrons. The van der Waals surface area contributed by atoms with Gasteiger partial charge < -0.3 is 10.4 Å². The van der Waals surface area contributed by atoms with Crippen molar-refractivity contribution in [3.8, 4) is 0 Å². The molecular weight excluding hydrogens is 216 g/mol. The van der Waals surface area contributed by atoms with Crippen LogP contribution in [0.3, 0.4) is 0 Å². The first-order valence-electron chi connectivity index (χ1n) is 6.34. The Balaban J connectivity index is 1.94. The van der Waals surface area contributed by atoms with Crippen molar-refractivity contribution < 1.29 is 5.11 Å². The standard InChI is InChI=1S/C12H22N4O/c1-10-3-5-12(8-17,6-4-10)14-7-11-13-9-15-16(11)2/h9-10,14,17H,3-8H2,1-2H3. The third-order valence-electron chi connectivity index (χ3n) is 3.96. The van der Waals surface area contributed by atoms with Gasteiger partial charge in [0.1, 0.15) is 12.2 Å². The second-order valence-corrected chi connectivity index (χ2v) is 5.27. The molecule has 0 aliphatic heterocycles. The van der Waals surface area contributed by atoms with Crippen LogP contribution in [-0.4, -0.2) is 32.0 Å². The highest BCUT2D eigenvalue weighted by atomic mass is 16.3. The van der Waals surface area contributed by atoms with E-state index < -0.39 is 0 Å². The van der Waals surface area contributed by atoms with E-state index in [9.17, 15) is 5.11 Å². The van der Waals surface area contributed by atoms with Gasteiger partial charge in [0.05, 0.1) is 13.2 Å². The van der Waals surface area contributed by atoms with Crippen LogP contribution in [0.1, 0.15) is 38.4 Å². The van der Waals surface area contributed by atoms with E-state index in [1.807, 2.05) is 7.05 Å². The number of hydrogen-bond donors (Lipinski definition) is 2. The molecule has 0 aromatic carbocycles. The van der Waals surface area contributed by atoms with Crippen LogP contribution in [0.5, 0.6) is 0 Å². The molecule has 0 spiro atoms. The van der Waals surface area contributed by atoms with Crippen molar-refractivity contribution in [2.75, 3.05) is 6.61 Å². The zero-order chi connectivity index (χ0) is 12.3. The predicted octanol–water partition coefficient (Wildman–Crippen LogP) is 0.846. The molecule has 0 unspecified atom stereocenters. The number of nitrogens with one attached hydrogen (secondary N) is 1. The normalized spacial score (nSPS) is 29.5. The Labute approximate surface area is 102 Å². The molecule has 1 aliphatic rings. The van der Waals surface area contributed by atoms with Gasteiger partial charge in [-0.1, -0.05) is 6.92 Å². The monoisotopic (exact) mass is 238 g/mol. The van der Waals surface area contributed by atoms with E-state index in [1.54, 1.807) is 11.0 Å². The summed E-state index contributed by atoms with van der Waals surface area (Å²) in [6.07, 6.45) is 6.02. The molecule has 2 rings (SSSR count). The second-order valence-electron chi connectivity index (χ2n) is 5.27. The molecule has 1 heterocycles. The summed E-state index contributed by atoms with van der Waals surface area (Å²) in [7, 11) is 1.89.